The molecule has 2 atom stereocenters. The van der Waals surface area contributed by atoms with Gasteiger partial charge in [-0.1, -0.05) is 19.1 Å². The van der Waals surface area contributed by atoms with Crippen LogP contribution in [0.2, 0.25) is 0 Å². The highest BCUT2D eigenvalue weighted by atomic mass is 31.2. The number of rotatable bonds is 15. The van der Waals surface area contributed by atoms with Gasteiger partial charge >= 0.3 is 7.82 Å². The molecule has 0 fully saturated rings. The van der Waals surface area contributed by atoms with Gasteiger partial charge in [0.1, 0.15) is 12.4 Å². The van der Waals surface area contributed by atoms with Gasteiger partial charge in [-0.25, -0.2) is 4.57 Å². The molecule has 174 valence electrons. The Morgan fingerprint density at radius 3 is 2.13 bits per heavy atom. The number of hydrogen-bond donors (Lipinski definition) is 0. The summed E-state index contributed by atoms with van der Waals surface area (Å²) < 4.78 is 51.1. The summed E-state index contributed by atoms with van der Waals surface area (Å²) in [6.07, 6.45) is -0.426. The first-order valence-electron chi connectivity index (χ1n) is 10.1. The first kappa shape index (κ1) is 27.0. The van der Waals surface area contributed by atoms with E-state index in [-0.39, 0.29) is 25.7 Å². The summed E-state index contributed by atoms with van der Waals surface area (Å²) in [5, 5.41) is 0. The van der Waals surface area contributed by atoms with Crippen LogP contribution in [-0.2, 0) is 32.3 Å². The van der Waals surface area contributed by atoms with E-state index in [0.29, 0.717) is 19.0 Å². The summed E-state index contributed by atoms with van der Waals surface area (Å²) >= 11 is 0. The molecule has 0 aromatic heterocycles. The Morgan fingerprint density at radius 2 is 1.60 bits per heavy atom. The van der Waals surface area contributed by atoms with E-state index < -0.39 is 19.7 Å². The standard InChI is InChI=1S/C21H37O8P/c1-8-25-15-17(2)16-28-30(22,29-21(3,4)5)27-14-13-26-19-11-9-18(10-12-19)20(23-6)24-7/h9-12,17,20H,8,13-16H2,1-7H3. The monoisotopic (exact) mass is 448 g/mol. The van der Waals surface area contributed by atoms with Crippen molar-refractivity contribution in [2.45, 2.75) is 46.5 Å². The van der Waals surface area contributed by atoms with Crippen molar-refractivity contribution in [2.75, 3.05) is 47.3 Å². The average molecular weight is 448 g/mol. The number of phosphoric acid groups is 1. The van der Waals surface area contributed by atoms with Crippen molar-refractivity contribution in [1.82, 2.24) is 0 Å². The molecule has 0 aliphatic carbocycles. The maximum atomic E-state index is 13.0. The molecule has 30 heavy (non-hydrogen) atoms. The third-order valence-corrected chi connectivity index (χ3v) is 5.43. The fourth-order valence-electron chi connectivity index (χ4n) is 2.41. The molecule has 0 aliphatic heterocycles. The van der Waals surface area contributed by atoms with E-state index in [1.807, 2.05) is 26.0 Å². The molecular weight excluding hydrogens is 411 g/mol. The van der Waals surface area contributed by atoms with E-state index in [1.54, 1.807) is 47.1 Å². The molecule has 0 spiro atoms. The second-order valence-corrected chi connectivity index (χ2v) is 9.36. The van der Waals surface area contributed by atoms with Gasteiger partial charge in [-0.2, -0.15) is 0 Å². The van der Waals surface area contributed by atoms with E-state index in [4.69, 9.17) is 32.5 Å². The van der Waals surface area contributed by atoms with Crippen molar-refractivity contribution >= 4 is 7.82 Å². The normalized spacial score (nSPS) is 15.2. The Bertz CT molecular complexity index is 625. The number of ether oxygens (including phenoxy) is 4. The van der Waals surface area contributed by atoms with Gasteiger partial charge in [0.05, 0.1) is 25.4 Å². The largest absolute Gasteiger partial charge is 0.491 e. The van der Waals surface area contributed by atoms with Crippen molar-refractivity contribution in [1.29, 1.82) is 0 Å². The van der Waals surface area contributed by atoms with Crippen LogP contribution in [0.5, 0.6) is 5.75 Å². The van der Waals surface area contributed by atoms with Crippen molar-refractivity contribution in [2.24, 2.45) is 5.92 Å². The second-order valence-electron chi connectivity index (χ2n) is 7.77. The fourth-order valence-corrected chi connectivity index (χ4v) is 4.00. The van der Waals surface area contributed by atoms with Gasteiger partial charge in [0.2, 0.25) is 0 Å². The van der Waals surface area contributed by atoms with Crippen LogP contribution in [-0.4, -0.2) is 52.9 Å². The summed E-state index contributed by atoms with van der Waals surface area (Å²) in [7, 11) is -0.592. The number of benzene rings is 1. The predicted octanol–water partition coefficient (Wildman–Crippen LogP) is 4.99. The van der Waals surface area contributed by atoms with Crippen molar-refractivity contribution < 1.29 is 37.1 Å². The van der Waals surface area contributed by atoms with Crippen LogP contribution in [0.25, 0.3) is 0 Å². The van der Waals surface area contributed by atoms with Crippen LogP contribution in [0, 0.1) is 5.92 Å². The molecule has 2 unspecified atom stereocenters. The first-order valence-corrected chi connectivity index (χ1v) is 11.5. The molecule has 1 aromatic rings. The maximum absolute atomic E-state index is 13.0. The number of phosphoric ester groups is 1. The summed E-state index contributed by atoms with van der Waals surface area (Å²) in [6, 6.07) is 7.31. The average Bonchev–Trinajstić information content (AvgIpc) is 2.69. The van der Waals surface area contributed by atoms with Crippen molar-refractivity contribution in [3.63, 3.8) is 0 Å². The molecule has 0 saturated heterocycles. The Morgan fingerprint density at radius 1 is 0.967 bits per heavy atom. The molecule has 9 heteroatoms. The minimum absolute atomic E-state index is 0.0493. The van der Waals surface area contributed by atoms with Crippen LogP contribution in [0.1, 0.15) is 46.5 Å². The zero-order valence-electron chi connectivity index (χ0n) is 19.2. The molecule has 8 nitrogen and oxygen atoms in total. The SMILES string of the molecule is CCOCC(C)COP(=O)(OCCOc1ccc(C(OC)OC)cc1)OC(C)(C)C. The maximum Gasteiger partial charge on any atom is 0.475 e. The van der Waals surface area contributed by atoms with E-state index in [9.17, 15) is 4.57 Å². The van der Waals surface area contributed by atoms with Gasteiger partial charge in [0.15, 0.2) is 6.29 Å². The lowest BCUT2D eigenvalue weighted by molar-refractivity contribution is -0.106. The molecule has 0 amide bonds. The van der Waals surface area contributed by atoms with E-state index in [2.05, 4.69) is 0 Å². The van der Waals surface area contributed by atoms with Crippen molar-refractivity contribution in [3.8, 4) is 5.75 Å². The lowest BCUT2D eigenvalue weighted by atomic mass is 10.2. The zero-order valence-corrected chi connectivity index (χ0v) is 20.1. The molecule has 0 bridgehead atoms. The quantitative estimate of drug-likeness (QED) is 0.211. The van der Waals surface area contributed by atoms with Crippen LogP contribution in [0.3, 0.4) is 0 Å². The van der Waals surface area contributed by atoms with Gasteiger partial charge in [-0.05, 0) is 39.8 Å². The highest BCUT2D eigenvalue weighted by molar-refractivity contribution is 7.48. The summed E-state index contributed by atoms with van der Waals surface area (Å²) in [5.41, 5.74) is 0.190. The lowest BCUT2D eigenvalue weighted by Crippen LogP contribution is -2.21. The molecule has 1 aromatic carbocycles. The van der Waals surface area contributed by atoms with Crippen LogP contribution in [0.4, 0.5) is 0 Å². The molecule has 0 aliphatic rings. The molecule has 0 N–H and O–H groups in total. The highest BCUT2D eigenvalue weighted by Crippen LogP contribution is 2.52. The topological polar surface area (TPSA) is 81.7 Å². The molecule has 0 saturated carbocycles. The minimum atomic E-state index is -3.75. The smallest absolute Gasteiger partial charge is 0.475 e. The molecule has 0 radical (unpaired) electrons. The van der Waals surface area contributed by atoms with Gasteiger partial charge < -0.3 is 18.9 Å². The molecule has 0 heterocycles. The highest BCUT2D eigenvalue weighted by Gasteiger charge is 2.33. The van der Waals surface area contributed by atoms with E-state index in [0.717, 1.165) is 5.56 Å². The Hall–Kier alpha value is -0.990. The zero-order chi connectivity index (χ0) is 22.6. The Labute approximate surface area is 180 Å². The fraction of sp³-hybridized carbons (Fsp3) is 0.714. The number of methoxy groups -OCH3 is 2. The lowest BCUT2D eigenvalue weighted by Gasteiger charge is -2.27. The second kappa shape index (κ2) is 13.4. The number of hydrogen-bond acceptors (Lipinski definition) is 8. The summed E-state index contributed by atoms with van der Waals surface area (Å²) in [5.74, 6) is 0.703. The summed E-state index contributed by atoms with van der Waals surface area (Å²) in [4.78, 5) is 0. The van der Waals surface area contributed by atoms with Gasteiger partial charge in [-0.3, -0.25) is 13.6 Å². The van der Waals surface area contributed by atoms with Crippen LogP contribution >= 0.6 is 7.82 Å². The van der Waals surface area contributed by atoms with Gasteiger partial charge in [0, 0.05) is 32.3 Å². The summed E-state index contributed by atoms with van der Waals surface area (Å²) in [6.45, 7) is 10.8. The molecule has 1 rings (SSSR count). The predicted molar refractivity (Wildman–Crippen MR) is 115 cm³/mol. The van der Waals surface area contributed by atoms with E-state index in [1.165, 1.54) is 0 Å². The minimum Gasteiger partial charge on any atom is -0.491 e. The van der Waals surface area contributed by atoms with Crippen LogP contribution in [0.15, 0.2) is 24.3 Å². The Balaban J connectivity index is 2.55. The van der Waals surface area contributed by atoms with E-state index >= 15 is 0 Å². The Kier molecular flexibility index (Phi) is 12.1. The van der Waals surface area contributed by atoms with Gasteiger partial charge in [0.25, 0.3) is 0 Å². The van der Waals surface area contributed by atoms with Gasteiger partial charge in [-0.15, -0.1) is 0 Å². The first-order chi connectivity index (χ1) is 14.1. The molecular formula is C21H37O8P. The third kappa shape index (κ3) is 10.9. The third-order valence-electron chi connectivity index (χ3n) is 3.69. The van der Waals surface area contributed by atoms with Crippen molar-refractivity contribution in [3.05, 3.63) is 29.8 Å². The van der Waals surface area contributed by atoms with Crippen LogP contribution < -0.4 is 4.74 Å².